The Balaban J connectivity index is 2.43. The van der Waals surface area contributed by atoms with E-state index in [0.717, 1.165) is 5.75 Å². The van der Waals surface area contributed by atoms with Crippen LogP contribution in [-0.4, -0.2) is 40.0 Å². The monoisotopic (exact) mass is 311 g/mol. The molecule has 0 saturated carbocycles. The van der Waals surface area contributed by atoms with E-state index in [0.29, 0.717) is 12.2 Å². The van der Waals surface area contributed by atoms with Gasteiger partial charge in [-0.05, 0) is 18.9 Å². The molecule has 3 N–H and O–H groups in total. The largest absolute Gasteiger partial charge is 0.481 e. The number of carbonyl (C=O) groups is 2. The van der Waals surface area contributed by atoms with Crippen LogP contribution in [0, 0.1) is 0 Å². The van der Waals surface area contributed by atoms with Crippen LogP contribution in [0.25, 0.3) is 0 Å². The molecule has 6 heteroatoms. The number of hydrogen-bond acceptors (Lipinski definition) is 4. The Morgan fingerprint density at radius 2 is 1.90 bits per heavy atom. The van der Waals surface area contributed by atoms with Gasteiger partial charge in [-0.25, -0.2) is 0 Å². The van der Waals surface area contributed by atoms with E-state index in [-0.39, 0.29) is 12.5 Å². The van der Waals surface area contributed by atoms with Crippen molar-refractivity contribution in [2.75, 3.05) is 5.75 Å². The predicted molar refractivity (Wildman–Crippen MR) is 83.5 cm³/mol. The molecule has 1 aromatic carbocycles. The first-order valence-electron chi connectivity index (χ1n) is 6.81. The number of nitrogens with one attached hydrogen (secondary N) is 1. The van der Waals surface area contributed by atoms with E-state index in [1.807, 2.05) is 30.3 Å². The van der Waals surface area contributed by atoms with Crippen LogP contribution >= 0.6 is 11.8 Å². The second-order valence-electron chi connectivity index (χ2n) is 4.86. The molecule has 0 fully saturated rings. The zero-order valence-corrected chi connectivity index (χ0v) is 12.8. The zero-order chi connectivity index (χ0) is 15.7. The summed E-state index contributed by atoms with van der Waals surface area (Å²) in [6, 6.07) is 9.17. The van der Waals surface area contributed by atoms with E-state index in [9.17, 15) is 9.59 Å². The summed E-state index contributed by atoms with van der Waals surface area (Å²) in [6.07, 6.45) is 0.463. The van der Waals surface area contributed by atoms with Gasteiger partial charge in [-0.3, -0.25) is 9.59 Å². The lowest BCUT2D eigenvalue weighted by atomic mass is 10.1. The highest BCUT2D eigenvalue weighted by atomic mass is 32.2. The van der Waals surface area contributed by atoms with E-state index in [1.54, 1.807) is 18.7 Å². The fraction of sp³-hybridized carbons (Fsp3) is 0.467. The summed E-state index contributed by atoms with van der Waals surface area (Å²) in [7, 11) is 0. The SMILES string of the molecule is C[C@@H](N[C@H](CCC(=O)O)CSCc1ccccc1)C(=O)O. The molecule has 0 aromatic heterocycles. The number of carboxylic acids is 2. The van der Waals surface area contributed by atoms with Gasteiger partial charge in [0, 0.05) is 24.0 Å². The molecule has 0 heterocycles. The third kappa shape index (κ3) is 7.72. The number of carboxylic acid groups (broad SMARTS) is 2. The fourth-order valence-corrected chi connectivity index (χ4v) is 2.92. The Morgan fingerprint density at radius 1 is 1.24 bits per heavy atom. The fourth-order valence-electron chi connectivity index (χ4n) is 1.83. The average molecular weight is 311 g/mol. The molecule has 0 aliphatic carbocycles. The molecule has 2 atom stereocenters. The third-order valence-electron chi connectivity index (χ3n) is 2.99. The number of hydrogen-bond donors (Lipinski definition) is 3. The Hall–Kier alpha value is -1.53. The van der Waals surface area contributed by atoms with Crippen LogP contribution in [0.15, 0.2) is 30.3 Å². The van der Waals surface area contributed by atoms with Crippen molar-refractivity contribution in [3.63, 3.8) is 0 Å². The standard InChI is InChI=1S/C15H21NO4S/c1-11(15(19)20)16-13(7-8-14(17)18)10-21-9-12-5-3-2-4-6-12/h2-6,11,13,16H,7-10H2,1H3,(H,17,18)(H,19,20)/t11-,13-/m1/s1. The minimum atomic E-state index is -0.927. The van der Waals surface area contributed by atoms with Gasteiger partial charge >= 0.3 is 11.9 Å². The lowest BCUT2D eigenvalue weighted by molar-refractivity contribution is -0.139. The average Bonchev–Trinajstić information content (AvgIpc) is 2.45. The van der Waals surface area contributed by atoms with Crippen LogP contribution < -0.4 is 5.32 Å². The topological polar surface area (TPSA) is 86.6 Å². The lowest BCUT2D eigenvalue weighted by Crippen LogP contribution is -2.42. The summed E-state index contributed by atoms with van der Waals surface area (Å²) < 4.78 is 0. The predicted octanol–water partition coefficient (Wildman–Crippen LogP) is 2.22. The molecule has 0 aliphatic heterocycles. The number of thioether (sulfide) groups is 1. The van der Waals surface area contributed by atoms with Crippen molar-refractivity contribution in [2.24, 2.45) is 0 Å². The van der Waals surface area contributed by atoms with Gasteiger partial charge in [0.15, 0.2) is 0 Å². The lowest BCUT2D eigenvalue weighted by Gasteiger charge is -2.20. The van der Waals surface area contributed by atoms with Gasteiger partial charge in [-0.2, -0.15) is 11.8 Å². The maximum atomic E-state index is 10.9. The second-order valence-corrected chi connectivity index (χ2v) is 5.89. The van der Waals surface area contributed by atoms with E-state index in [2.05, 4.69) is 5.32 Å². The highest BCUT2D eigenvalue weighted by molar-refractivity contribution is 7.98. The smallest absolute Gasteiger partial charge is 0.320 e. The number of benzene rings is 1. The summed E-state index contributed by atoms with van der Waals surface area (Å²) in [6.45, 7) is 1.57. The normalized spacial score (nSPS) is 13.6. The molecule has 0 radical (unpaired) electrons. The quantitative estimate of drug-likeness (QED) is 0.614. The summed E-state index contributed by atoms with van der Waals surface area (Å²) in [5.74, 6) is -0.283. The van der Waals surface area contributed by atoms with Crippen molar-refractivity contribution in [3.8, 4) is 0 Å². The van der Waals surface area contributed by atoms with Crippen LogP contribution in [0.5, 0.6) is 0 Å². The molecule has 1 aromatic rings. The molecule has 0 spiro atoms. The van der Waals surface area contributed by atoms with Crippen LogP contribution in [0.1, 0.15) is 25.3 Å². The summed E-state index contributed by atoms with van der Waals surface area (Å²) >= 11 is 1.67. The van der Waals surface area contributed by atoms with Crippen LogP contribution in [0.2, 0.25) is 0 Å². The summed E-state index contributed by atoms with van der Waals surface area (Å²) in [5, 5.41) is 20.7. The maximum absolute atomic E-state index is 10.9. The van der Waals surface area contributed by atoms with E-state index in [1.165, 1.54) is 5.56 Å². The van der Waals surface area contributed by atoms with Crippen LogP contribution in [0.4, 0.5) is 0 Å². The van der Waals surface area contributed by atoms with Crippen molar-refractivity contribution in [2.45, 2.75) is 37.6 Å². The molecule has 0 bridgehead atoms. The third-order valence-corrected chi connectivity index (χ3v) is 4.17. The van der Waals surface area contributed by atoms with Gasteiger partial charge < -0.3 is 15.5 Å². The van der Waals surface area contributed by atoms with Crippen LogP contribution in [0.3, 0.4) is 0 Å². The molecule has 21 heavy (non-hydrogen) atoms. The van der Waals surface area contributed by atoms with Gasteiger partial charge in [0.1, 0.15) is 6.04 Å². The Morgan fingerprint density at radius 3 is 2.48 bits per heavy atom. The van der Waals surface area contributed by atoms with Crippen molar-refractivity contribution in [1.82, 2.24) is 5.32 Å². The zero-order valence-electron chi connectivity index (χ0n) is 12.0. The number of aliphatic carboxylic acids is 2. The van der Waals surface area contributed by atoms with Gasteiger partial charge in [0.05, 0.1) is 0 Å². The van der Waals surface area contributed by atoms with E-state index >= 15 is 0 Å². The van der Waals surface area contributed by atoms with Crippen molar-refractivity contribution in [1.29, 1.82) is 0 Å². The van der Waals surface area contributed by atoms with E-state index in [4.69, 9.17) is 10.2 Å². The minimum absolute atomic E-state index is 0.0376. The second kappa shape index (κ2) is 9.41. The molecule has 0 unspecified atom stereocenters. The first kappa shape index (κ1) is 17.5. The van der Waals surface area contributed by atoms with Gasteiger partial charge in [0.2, 0.25) is 0 Å². The summed E-state index contributed by atoms with van der Waals surface area (Å²) in [5.41, 5.74) is 1.20. The van der Waals surface area contributed by atoms with Crippen molar-refractivity contribution < 1.29 is 19.8 Å². The molecule has 0 amide bonds. The summed E-state index contributed by atoms with van der Waals surface area (Å²) in [4.78, 5) is 21.6. The Bertz CT molecular complexity index is 452. The Kier molecular flexibility index (Phi) is 7.85. The first-order chi connectivity index (χ1) is 9.99. The molecule has 116 valence electrons. The van der Waals surface area contributed by atoms with Gasteiger partial charge in [-0.15, -0.1) is 0 Å². The molecular weight excluding hydrogens is 290 g/mol. The minimum Gasteiger partial charge on any atom is -0.481 e. The Labute approximate surface area is 128 Å². The molecular formula is C15H21NO4S. The van der Waals surface area contributed by atoms with Crippen LogP contribution in [-0.2, 0) is 15.3 Å². The van der Waals surface area contributed by atoms with Crippen molar-refractivity contribution in [3.05, 3.63) is 35.9 Å². The molecule has 5 nitrogen and oxygen atoms in total. The van der Waals surface area contributed by atoms with Crippen molar-refractivity contribution >= 4 is 23.7 Å². The highest BCUT2D eigenvalue weighted by Crippen LogP contribution is 2.15. The molecule has 0 aliphatic rings. The maximum Gasteiger partial charge on any atom is 0.320 e. The van der Waals surface area contributed by atoms with Gasteiger partial charge in [-0.1, -0.05) is 30.3 Å². The molecule has 0 saturated heterocycles. The van der Waals surface area contributed by atoms with E-state index < -0.39 is 18.0 Å². The van der Waals surface area contributed by atoms with Gasteiger partial charge in [0.25, 0.3) is 0 Å². The first-order valence-corrected chi connectivity index (χ1v) is 7.97. The molecule has 1 rings (SSSR count). The highest BCUT2D eigenvalue weighted by Gasteiger charge is 2.17. The number of rotatable bonds is 10.